The first kappa shape index (κ1) is 28.0. The molecular formula is C24H31Cl2N3O4S. The van der Waals surface area contributed by atoms with Crippen molar-refractivity contribution in [3.8, 4) is 0 Å². The molecular weight excluding hydrogens is 497 g/mol. The summed E-state index contributed by atoms with van der Waals surface area (Å²) in [5, 5.41) is 3.67. The van der Waals surface area contributed by atoms with Crippen molar-refractivity contribution in [2.45, 2.75) is 45.7 Å². The van der Waals surface area contributed by atoms with Crippen molar-refractivity contribution < 1.29 is 18.0 Å². The van der Waals surface area contributed by atoms with Crippen LogP contribution in [0.25, 0.3) is 0 Å². The predicted molar refractivity (Wildman–Crippen MR) is 138 cm³/mol. The van der Waals surface area contributed by atoms with Crippen molar-refractivity contribution >= 4 is 50.7 Å². The summed E-state index contributed by atoms with van der Waals surface area (Å²) in [6.45, 7) is 3.90. The van der Waals surface area contributed by atoms with Crippen LogP contribution in [0.1, 0.15) is 38.7 Å². The number of carbonyl (C=O) groups excluding carboxylic acids is 2. The van der Waals surface area contributed by atoms with Gasteiger partial charge >= 0.3 is 0 Å². The number of hydrogen-bond acceptors (Lipinski definition) is 4. The molecule has 0 aromatic heterocycles. The van der Waals surface area contributed by atoms with Crippen molar-refractivity contribution in [2.75, 3.05) is 23.7 Å². The van der Waals surface area contributed by atoms with Crippen LogP contribution in [0, 0.1) is 0 Å². The van der Waals surface area contributed by atoms with Gasteiger partial charge in [0.1, 0.15) is 12.6 Å². The number of sulfonamides is 1. The number of amides is 2. The van der Waals surface area contributed by atoms with Crippen LogP contribution in [-0.2, 0) is 26.2 Å². The van der Waals surface area contributed by atoms with Gasteiger partial charge in [-0.1, -0.05) is 67.7 Å². The van der Waals surface area contributed by atoms with Gasteiger partial charge < -0.3 is 10.2 Å². The molecule has 2 aromatic carbocycles. The third-order valence-corrected chi connectivity index (χ3v) is 7.03. The number of hydrogen-bond donors (Lipinski definition) is 1. The van der Waals surface area contributed by atoms with Crippen LogP contribution in [0.3, 0.4) is 0 Å². The lowest BCUT2D eigenvalue weighted by Gasteiger charge is -2.33. The van der Waals surface area contributed by atoms with Crippen LogP contribution in [0.5, 0.6) is 0 Å². The Morgan fingerprint density at radius 2 is 1.76 bits per heavy atom. The number of anilines is 1. The lowest BCUT2D eigenvalue weighted by Crippen LogP contribution is -2.52. The van der Waals surface area contributed by atoms with Crippen LogP contribution in [0.4, 0.5) is 5.69 Å². The summed E-state index contributed by atoms with van der Waals surface area (Å²) in [4.78, 5) is 27.9. The highest BCUT2D eigenvalue weighted by atomic mass is 35.5. The molecule has 0 aliphatic heterocycles. The van der Waals surface area contributed by atoms with Crippen molar-refractivity contribution in [3.63, 3.8) is 0 Å². The Morgan fingerprint density at radius 1 is 1.06 bits per heavy atom. The molecule has 1 atom stereocenters. The van der Waals surface area contributed by atoms with E-state index < -0.39 is 28.5 Å². The summed E-state index contributed by atoms with van der Waals surface area (Å²) < 4.78 is 26.1. The predicted octanol–water partition coefficient (Wildman–Crippen LogP) is 4.48. The van der Waals surface area contributed by atoms with E-state index in [1.165, 1.54) is 11.0 Å². The highest BCUT2D eigenvalue weighted by Gasteiger charge is 2.32. The second-order valence-electron chi connectivity index (χ2n) is 7.93. The standard InChI is InChI=1S/C24H31Cl2N3O4S/c1-4-6-14-27-24(31)22(5-2)28(16-18-10-7-8-13-21(18)26)23(30)17-29(34(3,32)33)20-12-9-11-19(25)15-20/h7-13,15,22H,4-6,14,16-17H2,1-3H3,(H,27,31)/t22-/m0/s1. The summed E-state index contributed by atoms with van der Waals surface area (Å²) in [7, 11) is -3.81. The lowest BCUT2D eigenvalue weighted by atomic mass is 10.1. The maximum absolute atomic E-state index is 13.6. The Morgan fingerprint density at radius 3 is 2.35 bits per heavy atom. The third kappa shape index (κ3) is 7.89. The van der Waals surface area contributed by atoms with Gasteiger partial charge in [0.2, 0.25) is 21.8 Å². The second kappa shape index (κ2) is 13.0. The molecule has 0 unspecified atom stereocenters. The smallest absolute Gasteiger partial charge is 0.244 e. The van der Waals surface area contributed by atoms with E-state index in [2.05, 4.69) is 5.32 Å². The molecule has 0 aliphatic rings. The Kier molecular flexibility index (Phi) is 10.7. The third-order valence-electron chi connectivity index (χ3n) is 5.29. The van der Waals surface area contributed by atoms with E-state index >= 15 is 0 Å². The van der Waals surface area contributed by atoms with Gasteiger partial charge in [-0.15, -0.1) is 0 Å². The molecule has 0 heterocycles. The van der Waals surface area contributed by atoms with Gasteiger partial charge in [0.05, 0.1) is 11.9 Å². The number of carbonyl (C=O) groups is 2. The average Bonchev–Trinajstić information content (AvgIpc) is 2.77. The maximum Gasteiger partial charge on any atom is 0.244 e. The summed E-state index contributed by atoms with van der Waals surface area (Å²) in [6, 6.07) is 12.5. The van der Waals surface area contributed by atoms with Crippen molar-refractivity contribution in [2.24, 2.45) is 0 Å². The fourth-order valence-electron chi connectivity index (χ4n) is 3.48. The van der Waals surface area contributed by atoms with E-state index in [0.717, 1.165) is 23.4 Å². The highest BCUT2D eigenvalue weighted by molar-refractivity contribution is 7.92. The number of nitrogens with one attached hydrogen (secondary N) is 1. The minimum absolute atomic E-state index is 0.0609. The molecule has 7 nitrogen and oxygen atoms in total. The molecule has 0 aliphatic carbocycles. The van der Waals surface area contributed by atoms with E-state index in [-0.39, 0.29) is 18.1 Å². The van der Waals surface area contributed by atoms with Gasteiger partial charge in [-0.2, -0.15) is 0 Å². The first-order valence-corrected chi connectivity index (χ1v) is 13.7. The Labute approximate surface area is 212 Å². The zero-order valence-electron chi connectivity index (χ0n) is 19.6. The van der Waals surface area contributed by atoms with Crippen LogP contribution in [0.15, 0.2) is 48.5 Å². The monoisotopic (exact) mass is 527 g/mol. The summed E-state index contributed by atoms with van der Waals surface area (Å²) in [6.07, 6.45) is 3.11. The Hall–Kier alpha value is -2.29. The molecule has 0 saturated carbocycles. The number of halogens is 2. The van der Waals surface area contributed by atoms with Gasteiger partial charge in [-0.25, -0.2) is 8.42 Å². The molecule has 2 aromatic rings. The van der Waals surface area contributed by atoms with Crippen molar-refractivity contribution in [1.29, 1.82) is 0 Å². The first-order chi connectivity index (χ1) is 16.1. The summed E-state index contributed by atoms with van der Waals surface area (Å²) >= 11 is 12.4. The quantitative estimate of drug-likeness (QED) is 0.412. The van der Waals surface area contributed by atoms with E-state index in [1.54, 1.807) is 42.5 Å². The molecule has 186 valence electrons. The number of nitrogens with zero attached hydrogens (tertiary/aromatic N) is 2. The van der Waals surface area contributed by atoms with Gasteiger partial charge in [-0.3, -0.25) is 13.9 Å². The molecule has 34 heavy (non-hydrogen) atoms. The van der Waals surface area contributed by atoms with Crippen molar-refractivity contribution in [1.82, 2.24) is 10.2 Å². The van der Waals surface area contributed by atoms with E-state index in [9.17, 15) is 18.0 Å². The van der Waals surface area contributed by atoms with E-state index in [4.69, 9.17) is 23.2 Å². The van der Waals surface area contributed by atoms with Gasteiger partial charge in [0, 0.05) is 23.1 Å². The van der Waals surface area contributed by atoms with E-state index in [1.807, 2.05) is 13.8 Å². The van der Waals surface area contributed by atoms with Crippen molar-refractivity contribution in [3.05, 3.63) is 64.1 Å². The minimum Gasteiger partial charge on any atom is -0.354 e. The van der Waals surface area contributed by atoms with Crippen LogP contribution in [0.2, 0.25) is 10.0 Å². The molecule has 1 N–H and O–H groups in total. The topological polar surface area (TPSA) is 86.8 Å². The molecule has 0 spiro atoms. The largest absolute Gasteiger partial charge is 0.354 e. The molecule has 2 amide bonds. The number of rotatable bonds is 12. The van der Waals surface area contributed by atoms with Gasteiger partial charge in [0.15, 0.2) is 0 Å². The van der Waals surface area contributed by atoms with E-state index in [0.29, 0.717) is 28.6 Å². The molecule has 0 fully saturated rings. The molecule has 0 bridgehead atoms. The average molecular weight is 529 g/mol. The molecule has 10 heteroatoms. The zero-order chi connectivity index (χ0) is 25.3. The highest BCUT2D eigenvalue weighted by Crippen LogP contribution is 2.24. The SMILES string of the molecule is CCCCNC(=O)[C@H](CC)N(Cc1ccccc1Cl)C(=O)CN(c1cccc(Cl)c1)S(C)(=O)=O. The zero-order valence-corrected chi connectivity index (χ0v) is 22.0. The normalized spacial score (nSPS) is 12.1. The van der Waals surface area contributed by atoms with Crippen LogP contribution < -0.4 is 9.62 Å². The van der Waals surface area contributed by atoms with Gasteiger partial charge in [-0.05, 0) is 42.7 Å². The van der Waals surface area contributed by atoms with Crippen LogP contribution >= 0.6 is 23.2 Å². The summed E-state index contributed by atoms with van der Waals surface area (Å²) in [5.41, 5.74) is 0.924. The Balaban J connectivity index is 2.41. The van der Waals surface area contributed by atoms with Crippen LogP contribution in [-0.4, -0.2) is 50.5 Å². The number of benzene rings is 2. The second-order valence-corrected chi connectivity index (χ2v) is 10.7. The molecule has 0 saturated heterocycles. The molecule has 2 rings (SSSR count). The number of unbranched alkanes of at least 4 members (excludes halogenated alkanes) is 1. The fourth-order valence-corrected chi connectivity index (χ4v) is 4.70. The fraction of sp³-hybridized carbons (Fsp3) is 0.417. The minimum atomic E-state index is -3.81. The molecule has 0 radical (unpaired) electrons. The lowest BCUT2D eigenvalue weighted by molar-refractivity contribution is -0.140. The maximum atomic E-state index is 13.6. The summed E-state index contributed by atoms with van der Waals surface area (Å²) in [5.74, 6) is -0.812. The van der Waals surface area contributed by atoms with Gasteiger partial charge in [0.25, 0.3) is 0 Å². The Bertz CT molecular complexity index is 1100. The first-order valence-electron chi connectivity index (χ1n) is 11.1.